The van der Waals surface area contributed by atoms with Gasteiger partial charge in [0.2, 0.25) is 0 Å². The van der Waals surface area contributed by atoms with Crippen molar-refractivity contribution < 1.29 is 4.79 Å². The lowest BCUT2D eigenvalue weighted by molar-refractivity contribution is 0.0907. The minimum absolute atomic E-state index is 0.135. The van der Waals surface area contributed by atoms with Gasteiger partial charge in [-0.15, -0.1) is 0 Å². The molecule has 0 bridgehead atoms. The molecule has 1 unspecified atom stereocenters. The number of ketones is 1. The molecule has 1 aromatic heterocycles. The number of hydrogen-bond acceptors (Lipinski definition) is 3. The quantitative estimate of drug-likeness (QED) is 0.672. The zero-order valence-electron chi connectivity index (χ0n) is 9.44. The molecule has 1 atom stereocenters. The number of unbranched alkanes of at least 4 members (excludes halogenated alkanes) is 1. The van der Waals surface area contributed by atoms with Gasteiger partial charge in [0.05, 0.1) is 5.56 Å². The van der Waals surface area contributed by atoms with E-state index in [0.29, 0.717) is 5.56 Å². The normalized spacial score (nSPS) is 12.4. The molecule has 0 aliphatic heterocycles. The maximum Gasteiger partial charge on any atom is 0.169 e. The first-order chi connectivity index (χ1) is 7.29. The van der Waals surface area contributed by atoms with E-state index in [4.69, 9.17) is 0 Å². The summed E-state index contributed by atoms with van der Waals surface area (Å²) in [5.74, 6) is 0.322. The third-order valence-corrected chi connectivity index (χ3v) is 2.61. The summed E-state index contributed by atoms with van der Waals surface area (Å²) in [6.07, 6.45) is 8.76. The number of carbonyl (C=O) groups excluding carboxylic acids is 1. The molecule has 1 aromatic rings. The SMILES string of the molecule is CCCCC(CC)C(=O)c1cncnc1. The van der Waals surface area contributed by atoms with E-state index in [-0.39, 0.29) is 11.7 Å². The second kappa shape index (κ2) is 6.27. The first kappa shape index (κ1) is 11.8. The fourth-order valence-corrected chi connectivity index (χ4v) is 1.63. The van der Waals surface area contributed by atoms with Crippen LogP contribution in [0.5, 0.6) is 0 Å². The summed E-state index contributed by atoms with van der Waals surface area (Å²) in [5.41, 5.74) is 0.639. The topological polar surface area (TPSA) is 42.9 Å². The van der Waals surface area contributed by atoms with Gasteiger partial charge in [0.1, 0.15) is 6.33 Å². The van der Waals surface area contributed by atoms with Crippen molar-refractivity contribution in [1.29, 1.82) is 0 Å². The predicted molar refractivity (Wildman–Crippen MR) is 59.7 cm³/mol. The predicted octanol–water partition coefficient (Wildman–Crippen LogP) is 2.88. The molecular weight excluding hydrogens is 188 g/mol. The summed E-state index contributed by atoms with van der Waals surface area (Å²) in [7, 11) is 0. The van der Waals surface area contributed by atoms with Crippen molar-refractivity contribution in [2.75, 3.05) is 0 Å². The van der Waals surface area contributed by atoms with Crippen LogP contribution in [-0.4, -0.2) is 15.8 Å². The number of rotatable bonds is 6. The number of Topliss-reactive ketones (excluding diaryl/α,β-unsaturated/α-hetero) is 1. The zero-order chi connectivity index (χ0) is 11.1. The second-order valence-corrected chi connectivity index (χ2v) is 3.74. The van der Waals surface area contributed by atoms with Gasteiger partial charge in [-0.1, -0.05) is 26.7 Å². The molecule has 82 valence electrons. The summed E-state index contributed by atoms with van der Waals surface area (Å²) in [6, 6.07) is 0. The van der Waals surface area contributed by atoms with Crippen LogP contribution < -0.4 is 0 Å². The third kappa shape index (κ3) is 3.42. The van der Waals surface area contributed by atoms with E-state index < -0.39 is 0 Å². The molecule has 3 heteroatoms. The average Bonchev–Trinajstić information content (AvgIpc) is 2.31. The first-order valence-electron chi connectivity index (χ1n) is 5.58. The van der Waals surface area contributed by atoms with Crippen molar-refractivity contribution in [2.45, 2.75) is 39.5 Å². The molecule has 15 heavy (non-hydrogen) atoms. The minimum atomic E-state index is 0.135. The van der Waals surface area contributed by atoms with Crippen molar-refractivity contribution in [3.63, 3.8) is 0 Å². The van der Waals surface area contributed by atoms with Crippen LogP contribution in [-0.2, 0) is 0 Å². The molecule has 0 radical (unpaired) electrons. The van der Waals surface area contributed by atoms with Crippen LogP contribution in [0.1, 0.15) is 49.9 Å². The Morgan fingerprint density at radius 2 is 2.00 bits per heavy atom. The lowest BCUT2D eigenvalue weighted by atomic mass is 9.92. The monoisotopic (exact) mass is 206 g/mol. The van der Waals surface area contributed by atoms with Gasteiger partial charge < -0.3 is 0 Å². The molecule has 0 spiro atoms. The van der Waals surface area contributed by atoms with Crippen LogP contribution in [0.15, 0.2) is 18.7 Å². The molecule has 1 rings (SSSR count). The lowest BCUT2D eigenvalue weighted by Gasteiger charge is -2.12. The van der Waals surface area contributed by atoms with Crippen molar-refractivity contribution in [3.05, 3.63) is 24.3 Å². The van der Waals surface area contributed by atoms with Gasteiger partial charge in [0.25, 0.3) is 0 Å². The summed E-state index contributed by atoms with van der Waals surface area (Å²) < 4.78 is 0. The van der Waals surface area contributed by atoms with Crippen LogP contribution in [0.2, 0.25) is 0 Å². The van der Waals surface area contributed by atoms with E-state index in [2.05, 4.69) is 23.8 Å². The smallest absolute Gasteiger partial charge is 0.169 e. The maximum absolute atomic E-state index is 12.0. The molecule has 0 saturated carbocycles. The van der Waals surface area contributed by atoms with Gasteiger partial charge in [-0.2, -0.15) is 0 Å². The number of nitrogens with zero attached hydrogens (tertiary/aromatic N) is 2. The van der Waals surface area contributed by atoms with Gasteiger partial charge >= 0.3 is 0 Å². The highest BCUT2D eigenvalue weighted by molar-refractivity contribution is 5.97. The Morgan fingerprint density at radius 3 is 2.53 bits per heavy atom. The molecule has 1 heterocycles. The van der Waals surface area contributed by atoms with Crippen LogP contribution in [0, 0.1) is 5.92 Å². The molecule has 0 saturated heterocycles. The Labute approximate surface area is 91.0 Å². The first-order valence-corrected chi connectivity index (χ1v) is 5.58. The van der Waals surface area contributed by atoms with Gasteiger partial charge in [0.15, 0.2) is 5.78 Å². The Morgan fingerprint density at radius 1 is 1.33 bits per heavy atom. The highest BCUT2D eigenvalue weighted by Crippen LogP contribution is 2.17. The maximum atomic E-state index is 12.0. The average molecular weight is 206 g/mol. The van der Waals surface area contributed by atoms with Crippen LogP contribution in [0.25, 0.3) is 0 Å². The lowest BCUT2D eigenvalue weighted by Crippen LogP contribution is -2.14. The van der Waals surface area contributed by atoms with Gasteiger partial charge in [0, 0.05) is 18.3 Å². The van der Waals surface area contributed by atoms with Crippen LogP contribution >= 0.6 is 0 Å². The van der Waals surface area contributed by atoms with Crippen LogP contribution in [0.4, 0.5) is 0 Å². The van der Waals surface area contributed by atoms with Crippen molar-refractivity contribution in [1.82, 2.24) is 9.97 Å². The Balaban J connectivity index is 2.65. The second-order valence-electron chi connectivity index (χ2n) is 3.74. The number of carbonyl (C=O) groups is 1. The van der Waals surface area contributed by atoms with E-state index in [9.17, 15) is 4.79 Å². The fraction of sp³-hybridized carbons (Fsp3) is 0.583. The molecular formula is C12H18N2O. The molecule has 3 nitrogen and oxygen atoms in total. The summed E-state index contributed by atoms with van der Waals surface area (Å²) >= 11 is 0. The van der Waals surface area contributed by atoms with Gasteiger partial charge in [-0.3, -0.25) is 4.79 Å². The van der Waals surface area contributed by atoms with Gasteiger partial charge in [-0.05, 0) is 12.8 Å². The molecule has 0 N–H and O–H groups in total. The minimum Gasteiger partial charge on any atom is -0.294 e. The summed E-state index contributed by atoms with van der Waals surface area (Å²) in [6.45, 7) is 4.20. The van der Waals surface area contributed by atoms with Gasteiger partial charge in [-0.25, -0.2) is 9.97 Å². The molecule has 0 aliphatic carbocycles. The number of hydrogen-bond donors (Lipinski definition) is 0. The van der Waals surface area contributed by atoms with Crippen molar-refractivity contribution in [3.8, 4) is 0 Å². The van der Waals surface area contributed by atoms with E-state index in [1.54, 1.807) is 12.4 Å². The molecule has 0 aliphatic rings. The Hall–Kier alpha value is -1.25. The summed E-state index contributed by atoms with van der Waals surface area (Å²) in [5, 5.41) is 0. The highest BCUT2D eigenvalue weighted by atomic mass is 16.1. The third-order valence-electron chi connectivity index (χ3n) is 2.61. The van der Waals surface area contributed by atoms with E-state index >= 15 is 0 Å². The van der Waals surface area contributed by atoms with E-state index in [1.165, 1.54) is 6.33 Å². The van der Waals surface area contributed by atoms with Crippen molar-refractivity contribution in [2.24, 2.45) is 5.92 Å². The number of aromatic nitrogens is 2. The van der Waals surface area contributed by atoms with E-state index in [1.807, 2.05) is 0 Å². The molecule has 0 fully saturated rings. The zero-order valence-corrected chi connectivity index (χ0v) is 9.44. The fourth-order valence-electron chi connectivity index (χ4n) is 1.63. The van der Waals surface area contributed by atoms with Crippen LogP contribution in [0.3, 0.4) is 0 Å². The highest BCUT2D eigenvalue weighted by Gasteiger charge is 2.17. The Bertz CT molecular complexity index is 298. The van der Waals surface area contributed by atoms with E-state index in [0.717, 1.165) is 25.7 Å². The Kier molecular flexibility index (Phi) is 4.95. The summed E-state index contributed by atoms with van der Waals surface area (Å²) in [4.78, 5) is 19.7. The van der Waals surface area contributed by atoms with Crippen molar-refractivity contribution >= 4 is 5.78 Å². The molecule has 0 amide bonds. The largest absolute Gasteiger partial charge is 0.294 e. The molecule has 0 aromatic carbocycles. The standard InChI is InChI=1S/C12H18N2O/c1-3-5-6-10(4-2)12(15)11-7-13-9-14-8-11/h7-10H,3-6H2,1-2H3.